The van der Waals surface area contributed by atoms with Crippen molar-refractivity contribution in [2.24, 2.45) is 5.92 Å². The lowest BCUT2D eigenvalue weighted by Gasteiger charge is -2.37. The van der Waals surface area contributed by atoms with Gasteiger partial charge >= 0.3 is 5.97 Å². The minimum absolute atomic E-state index is 0.428. The molecule has 0 amide bonds. The third kappa shape index (κ3) is 2.24. The van der Waals surface area contributed by atoms with Crippen molar-refractivity contribution >= 4 is 22.4 Å². The van der Waals surface area contributed by atoms with E-state index in [0.717, 1.165) is 23.3 Å². The first kappa shape index (κ1) is 12.9. The Morgan fingerprint density at radius 3 is 2.89 bits per heavy atom. The third-order valence-electron chi connectivity index (χ3n) is 4.45. The Labute approximate surface area is 117 Å². The highest BCUT2D eigenvalue weighted by Gasteiger charge is 2.36. The van der Waals surface area contributed by atoms with Crippen LogP contribution in [0.5, 0.6) is 0 Å². The summed E-state index contributed by atoms with van der Waals surface area (Å²) >= 11 is 1.36. The van der Waals surface area contributed by atoms with Crippen LogP contribution >= 0.6 is 11.3 Å². The average Bonchev–Trinajstić information content (AvgIpc) is 3.04. The lowest BCUT2D eigenvalue weighted by atomic mass is 9.92. The van der Waals surface area contributed by atoms with E-state index in [1.165, 1.54) is 43.4 Å². The monoisotopic (exact) mass is 280 g/mol. The molecule has 1 aliphatic heterocycles. The molecule has 0 bridgehead atoms. The number of piperidine rings is 1. The van der Waals surface area contributed by atoms with E-state index < -0.39 is 5.97 Å². The Morgan fingerprint density at radius 1 is 1.42 bits per heavy atom. The Hall–Kier alpha value is -1.10. The summed E-state index contributed by atoms with van der Waals surface area (Å²) in [5, 5.41) is 10.2. The highest BCUT2D eigenvalue weighted by atomic mass is 32.1. The Balaban J connectivity index is 1.90. The first-order valence-electron chi connectivity index (χ1n) is 7.20. The van der Waals surface area contributed by atoms with Crippen LogP contribution in [0.25, 0.3) is 0 Å². The number of carboxylic acid groups (broad SMARTS) is 1. The van der Waals surface area contributed by atoms with Crippen molar-refractivity contribution in [3.05, 3.63) is 10.6 Å². The largest absolute Gasteiger partial charge is 0.477 e. The van der Waals surface area contributed by atoms with Crippen LogP contribution in [0.4, 0.5) is 5.13 Å². The zero-order valence-electron chi connectivity index (χ0n) is 11.3. The quantitative estimate of drug-likeness (QED) is 0.924. The third-order valence-corrected chi connectivity index (χ3v) is 5.58. The number of fused-ring (bicyclic) bond motifs is 1. The molecule has 2 unspecified atom stereocenters. The van der Waals surface area contributed by atoms with Crippen LogP contribution in [0.15, 0.2) is 0 Å². The maximum atomic E-state index is 11.3. The van der Waals surface area contributed by atoms with Gasteiger partial charge in [-0.1, -0.05) is 24.7 Å². The van der Waals surface area contributed by atoms with E-state index in [2.05, 4.69) is 9.88 Å². The van der Waals surface area contributed by atoms with Crippen LogP contribution in [0.3, 0.4) is 0 Å². The van der Waals surface area contributed by atoms with Crippen LogP contribution in [-0.4, -0.2) is 28.6 Å². The molecule has 2 aliphatic rings. The van der Waals surface area contributed by atoms with Crippen molar-refractivity contribution in [3.8, 4) is 0 Å². The van der Waals surface area contributed by atoms with E-state index in [9.17, 15) is 9.90 Å². The van der Waals surface area contributed by atoms with E-state index in [-0.39, 0.29) is 0 Å². The predicted octanol–water partition coefficient (Wildman–Crippen LogP) is 3.17. The fourth-order valence-electron chi connectivity index (χ4n) is 3.56. The summed E-state index contributed by atoms with van der Waals surface area (Å²) in [5.74, 6) is -0.0309. The minimum Gasteiger partial charge on any atom is -0.477 e. The molecule has 2 fully saturated rings. The van der Waals surface area contributed by atoms with Gasteiger partial charge in [-0.05, 0) is 38.0 Å². The molecule has 0 spiro atoms. The number of hydrogen-bond acceptors (Lipinski definition) is 4. The molecule has 19 heavy (non-hydrogen) atoms. The van der Waals surface area contributed by atoms with Gasteiger partial charge in [-0.15, -0.1) is 0 Å². The molecule has 1 saturated heterocycles. The predicted molar refractivity (Wildman–Crippen MR) is 76.2 cm³/mol. The lowest BCUT2D eigenvalue weighted by molar-refractivity contribution is 0.0701. The van der Waals surface area contributed by atoms with E-state index in [1.807, 2.05) is 6.92 Å². The lowest BCUT2D eigenvalue weighted by Crippen LogP contribution is -2.42. The molecule has 1 aromatic heterocycles. The molecule has 4 nitrogen and oxygen atoms in total. The van der Waals surface area contributed by atoms with Gasteiger partial charge in [-0.2, -0.15) is 0 Å². The Bertz CT molecular complexity index is 486. The molecule has 2 atom stereocenters. The highest BCUT2D eigenvalue weighted by Crippen LogP contribution is 2.40. The van der Waals surface area contributed by atoms with Gasteiger partial charge in [-0.25, -0.2) is 9.78 Å². The zero-order chi connectivity index (χ0) is 13.4. The molecule has 5 heteroatoms. The van der Waals surface area contributed by atoms with Crippen LogP contribution in [0, 0.1) is 5.92 Å². The maximum Gasteiger partial charge on any atom is 0.347 e. The number of aromatic nitrogens is 1. The fraction of sp³-hybridized carbons (Fsp3) is 0.714. The van der Waals surface area contributed by atoms with Gasteiger partial charge in [0.15, 0.2) is 5.13 Å². The molecule has 104 valence electrons. The van der Waals surface area contributed by atoms with Crippen molar-refractivity contribution in [2.75, 3.05) is 11.4 Å². The second-order valence-electron chi connectivity index (χ2n) is 5.52. The number of rotatable bonds is 3. The van der Waals surface area contributed by atoms with Gasteiger partial charge < -0.3 is 10.0 Å². The maximum absolute atomic E-state index is 11.3. The smallest absolute Gasteiger partial charge is 0.347 e. The first-order valence-corrected chi connectivity index (χ1v) is 8.02. The van der Waals surface area contributed by atoms with Gasteiger partial charge in [0.2, 0.25) is 0 Å². The number of carbonyl (C=O) groups is 1. The van der Waals surface area contributed by atoms with Gasteiger partial charge in [-0.3, -0.25) is 0 Å². The second-order valence-corrected chi connectivity index (χ2v) is 6.50. The van der Waals surface area contributed by atoms with E-state index in [4.69, 9.17) is 0 Å². The van der Waals surface area contributed by atoms with Gasteiger partial charge in [0.1, 0.15) is 4.88 Å². The number of hydrogen-bond donors (Lipinski definition) is 1. The minimum atomic E-state index is -0.833. The number of carboxylic acids is 1. The number of nitrogens with zero attached hydrogens (tertiary/aromatic N) is 2. The number of aromatic carboxylic acids is 1. The summed E-state index contributed by atoms with van der Waals surface area (Å²) in [7, 11) is 0. The van der Waals surface area contributed by atoms with Gasteiger partial charge in [0, 0.05) is 12.6 Å². The molecule has 3 rings (SSSR count). The molecule has 1 saturated carbocycles. The zero-order valence-corrected chi connectivity index (χ0v) is 12.1. The van der Waals surface area contributed by atoms with Crippen molar-refractivity contribution < 1.29 is 9.90 Å². The molecular weight excluding hydrogens is 260 g/mol. The van der Waals surface area contributed by atoms with Crippen molar-refractivity contribution in [3.63, 3.8) is 0 Å². The SMILES string of the molecule is CCc1nc(N2CCCC3CCCC32)sc1C(=O)O. The molecule has 0 radical (unpaired) electrons. The van der Waals surface area contributed by atoms with Crippen LogP contribution in [0.1, 0.15) is 54.4 Å². The topological polar surface area (TPSA) is 53.4 Å². The standard InChI is InChI=1S/C14H20N2O2S/c1-2-10-12(13(17)18)19-14(15-10)16-8-4-6-9-5-3-7-11(9)16/h9,11H,2-8H2,1H3,(H,17,18). The number of aryl methyl sites for hydroxylation is 1. The van der Waals surface area contributed by atoms with Gasteiger partial charge in [0.05, 0.1) is 5.69 Å². The summed E-state index contributed by atoms with van der Waals surface area (Å²) in [6.07, 6.45) is 7.13. The summed E-state index contributed by atoms with van der Waals surface area (Å²) < 4.78 is 0. The van der Waals surface area contributed by atoms with Crippen LogP contribution in [0.2, 0.25) is 0 Å². The molecular formula is C14H20N2O2S. The highest BCUT2D eigenvalue weighted by molar-refractivity contribution is 7.17. The van der Waals surface area contributed by atoms with Crippen LogP contribution < -0.4 is 4.90 Å². The van der Waals surface area contributed by atoms with Crippen molar-refractivity contribution in [2.45, 2.75) is 51.5 Å². The summed E-state index contributed by atoms with van der Waals surface area (Å²) in [5.41, 5.74) is 0.743. The average molecular weight is 280 g/mol. The molecule has 1 aromatic rings. The summed E-state index contributed by atoms with van der Waals surface area (Å²) in [6.45, 7) is 3.01. The normalized spacial score (nSPS) is 26.5. The van der Waals surface area contributed by atoms with E-state index in [1.54, 1.807) is 0 Å². The number of anilines is 1. The second kappa shape index (κ2) is 5.12. The van der Waals surface area contributed by atoms with Gasteiger partial charge in [0.25, 0.3) is 0 Å². The molecule has 1 N–H and O–H groups in total. The van der Waals surface area contributed by atoms with Crippen molar-refractivity contribution in [1.82, 2.24) is 4.98 Å². The van der Waals surface area contributed by atoms with Crippen molar-refractivity contribution in [1.29, 1.82) is 0 Å². The Morgan fingerprint density at radius 2 is 2.21 bits per heavy atom. The molecule has 0 aromatic carbocycles. The number of thiazole rings is 1. The summed E-state index contributed by atoms with van der Waals surface area (Å²) in [4.78, 5) is 18.7. The molecule has 1 aliphatic carbocycles. The summed E-state index contributed by atoms with van der Waals surface area (Å²) in [6, 6.07) is 0.603. The molecule has 2 heterocycles. The first-order chi connectivity index (χ1) is 9.20. The van der Waals surface area contributed by atoms with E-state index in [0.29, 0.717) is 17.3 Å². The van der Waals surface area contributed by atoms with E-state index >= 15 is 0 Å². The Kier molecular flexibility index (Phi) is 3.48. The van der Waals surface area contributed by atoms with Crippen LogP contribution in [-0.2, 0) is 6.42 Å². The fourth-order valence-corrected chi connectivity index (χ4v) is 4.64.